The molecular formula is C37H70N2O6S2. The minimum Gasteiger partial charge on any atom is -0.481 e. The molecule has 8 nitrogen and oxygen atoms in total. The van der Waals surface area contributed by atoms with Crippen LogP contribution in [0.15, 0.2) is 0 Å². The number of hydrogen-bond donors (Lipinski definition) is 4. The third kappa shape index (κ3) is 34.2. The van der Waals surface area contributed by atoms with Crippen molar-refractivity contribution >= 4 is 47.3 Å². The highest BCUT2D eigenvalue weighted by molar-refractivity contribution is 8.00. The van der Waals surface area contributed by atoms with Gasteiger partial charge in [0.05, 0.1) is 19.5 Å². The minimum atomic E-state index is -0.798. The first-order chi connectivity index (χ1) is 22.8. The minimum absolute atomic E-state index is 0.0154. The van der Waals surface area contributed by atoms with Gasteiger partial charge >= 0.3 is 11.9 Å². The Morgan fingerprint density at radius 2 is 0.787 bits per heavy atom. The van der Waals surface area contributed by atoms with Crippen molar-refractivity contribution in [2.75, 3.05) is 18.2 Å². The molecule has 2 amide bonds. The van der Waals surface area contributed by atoms with Crippen LogP contribution in [0.2, 0.25) is 0 Å². The van der Waals surface area contributed by atoms with Gasteiger partial charge in [0.25, 0.3) is 0 Å². The summed E-state index contributed by atoms with van der Waals surface area (Å²) in [4.78, 5) is 47.2. The fraction of sp³-hybridized carbons (Fsp3) is 0.892. The first-order valence-corrected chi connectivity index (χ1v) is 21.1. The van der Waals surface area contributed by atoms with Gasteiger partial charge in [-0.15, -0.1) is 0 Å². The maximum atomic E-state index is 12.3. The number of unbranched alkanes of at least 4 members (excludes halogenated alkanes) is 18. The molecule has 4 N–H and O–H groups in total. The molecule has 0 rings (SSSR count). The molecular weight excluding hydrogens is 633 g/mol. The summed E-state index contributed by atoms with van der Waals surface area (Å²) in [5.74, 6) is -0.830. The van der Waals surface area contributed by atoms with Crippen LogP contribution in [0.4, 0.5) is 0 Å². The molecule has 276 valence electrons. The summed E-state index contributed by atoms with van der Waals surface area (Å²) in [5, 5.41) is 24.0. The largest absolute Gasteiger partial charge is 0.481 e. The lowest BCUT2D eigenvalue weighted by atomic mass is 10.0. The SMILES string of the molecule is CCCCCCCCCCCCC(CC(=O)O)SCCC(=O)NCNC(=O)CCSC(CCCCCCCCCCCC)CC(=O)O. The zero-order valence-electron chi connectivity index (χ0n) is 30.0. The number of carboxylic acids is 2. The lowest BCUT2D eigenvalue weighted by molar-refractivity contribution is -0.138. The van der Waals surface area contributed by atoms with Gasteiger partial charge in [0.2, 0.25) is 11.8 Å². The molecule has 0 aliphatic carbocycles. The van der Waals surface area contributed by atoms with E-state index in [0.29, 0.717) is 11.5 Å². The van der Waals surface area contributed by atoms with Crippen LogP contribution < -0.4 is 10.6 Å². The molecule has 0 aromatic heterocycles. The zero-order chi connectivity index (χ0) is 34.8. The number of carboxylic acid groups (broad SMARTS) is 2. The molecule has 0 saturated carbocycles. The number of nitrogens with one attached hydrogen (secondary N) is 2. The molecule has 2 atom stereocenters. The molecule has 0 spiro atoms. The maximum absolute atomic E-state index is 12.3. The van der Waals surface area contributed by atoms with Gasteiger partial charge in [-0.3, -0.25) is 19.2 Å². The lowest BCUT2D eigenvalue weighted by Gasteiger charge is -2.15. The molecule has 0 aliphatic heterocycles. The van der Waals surface area contributed by atoms with Gasteiger partial charge in [0.1, 0.15) is 0 Å². The van der Waals surface area contributed by atoms with Gasteiger partial charge in [0.15, 0.2) is 0 Å². The predicted octanol–water partition coefficient (Wildman–Crippen LogP) is 9.73. The van der Waals surface area contributed by atoms with Gasteiger partial charge in [-0.2, -0.15) is 23.5 Å². The fourth-order valence-corrected chi connectivity index (χ4v) is 8.11. The molecule has 10 heteroatoms. The van der Waals surface area contributed by atoms with E-state index in [1.807, 2.05) is 0 Å². The van der Waals surface area contributed by atoms with Crippen molar-refractivity contribution in [2.24, 2.45) is 0 Å². The Morgan fingerprint density at radius 3 is 1.09 bits per heavy atom. The second-order valence-electron chi connectivity index (χ2n) is 13.0. The van der Waals surface area contributed by atoms with Crippen molar-refractivity contribution in [3.8, 4) is 0 Å². The summed E-state index contributed by atoms with van der Waals surface area (Å²) < 4.78 is 0. The summed E-state index contributed by atoms with van der Waals surface area (Å²) in [6.07, 6.45) is 27.5. The van der Waals surface area contributed by atoms with E-state index in [1.54, 1.807) is 23.5 Å². The van der Waals surface area contributed by atoms with Crippen LogP contribution in [-0.4, -0.2) is 62.6 Å². The van der Waals surface area contributed by atoms with Crippen LogP contribution in [0, 0.1) is 0 Å². The Labute approximate surface area is 295 Å². The van der Waals surface area contributed by atoms with Crippen molar-refractivity contribution in [3.05, 3.63) is 0 Å². The molecule has 0 radical (unpaired) electrons. The van der Waals surface area contributed by atoms with Crippen LogP contribution in [0.1, 0.15) is 181 Å². The summed E-state index contributed by atoms with van der Waals surface area (Å²) in [6, 6.07) is 0. The topological polar surface area (TPSA) is 133 Å². The molecule has 0 heterocycles. The normalized spacial score (nSPS) is 12.5. The third-order valence-electron chi connectivity index (χ3n) is 8.50. The van der Waals surface area contributed by atoms with Crippen molar-refractivity contribution in [1.82, 2.24) is 10.6 Å². The standard InChI is InChI=1S/C37H70N2O6S2/c1-3-5-7-9-11-13-15-17-19-21-23-32(29-36(42)43)46-27-25-34(40)38-31-39-35(41)26-28-47-33(30-37(44)45)24-22-20-18-16-14-12-10-8-6-4-2/h32-33H,3-31H2,1-2H3,(H,38,40)(H,39,41)(H,42,43)(H,44,45). The Kier molecular flexibility index (Phi) is 33.4. The number of rotatable bonds is 36. The number of carbonyl (C=O) groups is 4. The number of amides is 2. The van der Waals surface area contributed by atoms with E-state index in [1.165, 1.54) is 103 Å². The fourth-order valence-electron chi connectivity index (χ4n) is 5.65. The highest BCUT2D eigenvalue weighted by atomic mass is 32.2. The Hall–Kier alpha value is -1.42. The van der Waals surface area contributed by atoms with Gasteiger partial charge in [0, 0.05) is 34.8 Å². The van der Waals surface area contributed by atoms with Crippen molar-refractivity contribution in [3.63, 3.8) is 0 Å². The first kappa shape index (κ1) is 45.6. The lowest BCUT2D eigenvalue weighted by Crippen LogP contribution is -2.37. The number of aliphatic carboxylic acids is 2. The zero-order valence-corrected chi connectivity index (χ0v) is 31.6. The van der Waals surface area contributed by atoms with Crippen LogP contribution in [0.3, 0.4) is 0 Å². The molecule has 2 unspecified atom stereocenters. The summed E-state index contributed by atoms with van der Waals surface area (Å²) >= 11 is 3.11. The van der Waals surface area contributed by atoms with Crippen LogP contribution in [-0.2, 0) is 19.2 Å². The van der Waals surface area contributed by atoms with Crippen LogP contribution in [0.25, 0.3) is 0 Å². The van der Waals surface area contributed by atoms with E-state index in [0.717, 1.165) is 38.5 Å². The highest BCUT2D eigenvalue weighted by Gasteiger charge is 2.16. The average molecular weight is 703 g/mol. The summed E-state index contributed by atoms with van der Waals surface area (Å²) in [7, 11) is 0. The Balaban J connectivity index is 4.01. The molecule has 0 saturated heterocycles. The van der Waals surface area contributed by atoms with E-state index in [4.69, 9.17) is 0 Å². The van der Waals surface area contributed by atoms with E-state index >= 15 is 0 Å². The van der Waals surface area contributed by atoms with Gasteiger partial charge < -0.3 is 20.8 Å². The second kappa shape index (κ2) is 34.4. The molecule has 0 aliphatic rings. The van der Waals surface area contributed by atoms with Gasteiger partial charge in [-0.05, 0) is 12.8 Å². The van der Waals surface area contributed by atoms with E-state index in [9.17, 15) is 29.4 Å². The van der Waals surface area contributed by atoms with E-state index in [2.05, 4.69) is 24.5 Å². The van der Waals surface area contributed by atoms with Crippen molar-refractivity contribution < 1.29 is 29.4 Å². The number of thioether (sulfide) groups is 2. The van der Waals surface area contributed by atoms with Crippen LogP contribution in [0.5, 0.6) is 0 Å². The van der Waals surface area contributed by atoms with Crippen molar-refractivity contribution in [1.29, 1.82) is 0 Å². The molecule has 0 bridgehead atoms. The number of hydrogen-bond acceptors (Lipinski definition) is 6. The smallest absolute Gasteiger partial charge is 0.304 e. The summed E-state index contributed by atoms with van der Waals surface area (Å²) in [5.41, 5.74) is 0. The monoisotopic (exact) mass is 702 g/mol. The van der Waals surface area contributed by atoms with Crippen LogP contribution >= 0.6 is 23.5 Å². The second-order valence-corrected chi connectivity index (χ2v) is 15.8. The van der Waals surface area contributed by atoms with Gasteiger partial charge in [-0.25, -0.2) is 0 Å². The number of carbonyl (C=O) groups excluding carboxylic acids is 2. The first-order valence-electron chi connectivity index (χ1n) is 19.0. The van der Waals surface area contributed by atoms with E-state index < -0.39 is 11.9 Å². The maximum Gasteiger partial charge on any atom is 0.304 e. The van der Waals surface area contributed by atoms with E-state index in [-0.39, 0.29) is 54.7 Å². The molecule has 0 aromatic carbocycles. The highest BCUT2D eigenvalue weighted by Crippen LogP contribution is 2.24. The Bertz CT molecular complexity index is 724. The third-order valence-corrected chi connectivity index (χ3v) is 11.1. The predicted molar refractivity (Wildman–Crippen MR) is 200 cm³/mol. The summed E-state index contributed by atoms with van der Waals surface area (Å²) in [6.45, 7) is 4.52. The van der Waals surface area contributed by atoms with Gasteiger partial charge in [-0.1, -0.05) is 142 Å². The van der Waals surface area contributed by atoms with Crippen molar-refractivity contribution in [2.45, 2.75) is 191 Å². The average Bonchev–Trinajstić information content (AvgIpc) is 3.02. The molecule has 0 fully saturated rings. The molecule has 0 aromatic rings. The quantitative estimate of drug-likeness (QED) is 0.0375. The molecule has 47 heavy (non-hydrogen) atoms. The Morgan fingerprint density at radius 1 is 0.489 bits per heavy atom.